The number of nitrogens with one attached hydrogen (secondary N) is 1. The number of piperidine rings is 1. The summed E-state index contributed by atoms with van der Waals surface area (Å²) in [6.45, 7) is 6.61. The zero-order valence-electron chi connectivity index (χ0n) is 24.6. The maximum Gasteiger partial charge on any atom is 0.411 e. The van der Waals surface area contributed by atoms with E-state index in [-0.39, 0.29) is 28.8 Å². The molecule has 0 radical (unpaired) electrons. The second-order valence-electron chi connectivity index (χ2n) is 12.3. The Morgan fingerprint density at radius 3 is 2.42 bits per heavy atom. The molecule has 230 valence electrons. The van der Waals surface area contributed by atoms with Gasteiger partial charge in [0.15, 0.2) is 0 Å². The van der Waals surface area contributed by atoms with Crippen molar-refractivity contribution in [3.63, 3.8) is 0 Å². The molecule has 2 bridgehead atoms. The number of nitrogens with zero attached hydrogens (tertiary/aromatic N) is 3. The number of likely N-dealkylation sites (tertiary alicyclic amines) is 1. The van der Waals surface area contributed by atoms with Crippen LogP contribution in [0.1, 0.15) is 45.6 Å². The molecule has 2 aromatic carbocycles. The van der Waals surface area contributed by atoms with Crippen molar-refractivity contribution in [3.8, 4) is 17.2 Å². The standard InChI is InChI=1S/C31H37FN4O6S/c1-31(2,3)42-30(38)36-25-9-6-23(17-25)28(36)29(37)34-24(19-33)16-22-5-4-21(18-27(22)32)20-7-10-26(11-8-20)43(39,40)35-12-14-41-15-13-35/h4-5,7-8,10-11,18,23-25,28H,6,9,12-17H2,1-3H3,(H,34,37)/t23-,24-,25+,28-/m0/s1. The van der Waals surface area contributed by atoms with E-state index in [1.165, 1.54) is 27.4 Å². The van der Waals surface area contributed by atoms with Crippen LogP contribution >= 0.6 is 0 Å². The van der Waals surface area contributed by atoms with Crippen LogP contribution < -0.4 is 5.32 Å². The first-order chi connectivity index (χ1) is 20.4. The summed E-state index contributed by atoms with van der Waals surface area (Å²) in [5.41, 5.74) is 0.722. The zero-order chi connectivity index (χ0) is 30.9. The Morgan fingerprint density at radius 1 is 1.12 bits per heavy atom. The average Bonchev–Trinajstić information content (AvgIpc) is 3.60. The van der Waals surface area contributed by atoms with Crippen molar-refractivity contribution in [3.05, 3.63) is 53.8 Å². The molecule has 3 aliphatic rings. The Balaban J connectivity index is 1.25. The van der Waals surface area contributed by atoms with Crippen LogP contribution in [0.3, 0.4) is 0 Å². The van der Waals surface area contributed by atoms with Crippen molar-refractivity contribution < 1.29 is 31.9 Å². The summed E-state index contributed by atoms with van der Waals surface area (Å²) in [7, 11) is -3.64. The predicted molar refractivity (Wildman–Crippen MR) is 156 cm³/mol. The van der Waals surface area contributed by atoms with Crippen LogP contribution in [-0.4, -0.2) is 79.7 Å². The van der Waals surface area contributed by atoms with Crippen molar-refractivity contribution in [2.24, 2.45) is 5.92 Å². The number of morpholine rings is 1. The Morgan fingerprint density at radius 2 is 1.79 bits per heavy atom. The van der Waals surface area contributed by atoms with Crippen LogP contribution in [0.4, 0.5) is 9.18 Å². The highest BCUT2D eigenvalue weighted by molar-refractivity contribution is 7.89. The monoisotopic (exact) mass is 612 g/mol. The molecule has 0 unspecified atom stereocenters. The summed E-state index contributed by atoms with van der Waals surface area (Å²) in [5, 5.41) is 12.5. The number of nitriles is 1. The Labute approximate surface area is 251 Å². The van der Waals surface area contributed by atoms with E-state index in [2.05, 4.69) is 11.4 Å². The molecule has 0 spiro atoms. The smallest absolute Gasteiger partial charge is 0.411 e. The summed E-state index contributed by atoms with van der Waals surface area (Å²) in [5.74, 6) is -0.996. The molecule has 2 amide bonds. The molecular weight excluding hydrogens is 575 g/mol. The van der Waals surface area contributed by atoms with Crippen LogP contribution in [0.2, 0.25) is 0 Å². The first kappa shape index (κ1) is 30.9. The fraction of sp³-hybridized carbons (Fsp3) is 0.516. The van der Waals surface area contributed by atoms with Crippen molar-refractivity contribution in [2.75, 3.05) is 26.3 Å². The second-order valence-corrected chi connectivity index (χ2v) is 14.2. The van der Waals surface area contributed by atoms with Gasteiger partial charge < -0.3 is 14.8 Å². The topological polar surface area (TPSA) is 129 Å². The van der Waals surface area contributed by atoms with E-state index >= 15 is 4.39 Å². The van der Waals surface area contributed by atoms with Gasteiger partial charge in [0.2, 0.25) is 15.9 Å². The molecule has 2 aliphatic heterocycles. The van der Waals surface area contributed by atoms with E-state index in [0.29, 0.717) is 43.9 Å². The molecule has 12 heteroatoms. The van der Waals surface area contributed by atoms with Gasteiger partial charge in [0.05, 0.1) is 24.2 Å². The van der Waals surface area contributed by atoms with E-state index < -0.39 is 45.5 Å². The number of amides is 2. The molecule has 2 aromatic rings. The van der Waals surface area contributed by atoms with Crippen molar-refractivity contribution in [2.45, 2.75) is 75.1 Å². The third-order valence-electron chi connectivity index (χ3n) is 8.20. The SMILES string of the molecule is CC(C)(C)OC(=O)N1[C@@H]2CC[C@@H](C2)[C@H]1C(=O)N[C@H](C#N)Cc1ccc(-c2ccc(S(=O)(=O)N3CCOCC3)cc2)cc1F. The molecule has 10 nitrogen and oxygen atoms in total. The maximum absolute atomic E-state index is 15.2. The highest BCUT2D eigenvalue weighted by atomic mass is 32.2. The number of hydrogen-bond acceptors (Lipinski definition) is 7. The number of halogens is 1. The van der Waals surface area contributed by atoms with Gasteiger partial charge in [-0.3, -0.25) is 9.69 Å². The normalized spacial score (nSPS) is 23.0. The predicted octanol–water partition coefficient (Wildman–Crippen LogP) is 3.85. The van der Waals surface area contributed by atoms with Gasteiger partial charge in [0.1, 0.15) is 23.5 Å². The number of hydrogen-bond donors (Lipinski definition) is 1. The van der Waals surface area contributed by atoms with Gasteiger partial charge in [-0.05, 0) is 80.8 Å². The van der Waals surface area contributed by atoms with E-state index in [4.69, 9.17) is 9.47 Å². The Kier molecular flexibility index (Phi) is 8.79. The molecular formula is C31H37FN4O6S. The first-order valence-electron chi connectivity index (χ1n) is 14.6. The van der Waals surface area contributed by atoms with Gasteiger partial charge in [-0.1, -0.05) is 24.3 Å². The number of carbonyl (C=O) groups excluding carboxylic acids is 2. The molecule has 1 N–H and O–H groups in total. The number of carbonyl (C=O) groups is 2. The van der Waals surface area contributed by atoms with Crippen LogP contribution in [0.5, 0.6) is 0 Å². The lowest BCUT2D eigenvalue weighted by Gasteiger charge is -2.35. The minimum atomic E-state index is -3.64. The molecule has 1 aliphatic carbocycles. The lowest BCUT2D eigenvalue weighted by molar-refractivity contribution is -0.128. The molecule has 2 saturated heterocycles. The van der Waals surface area contributed by atoms with E-state index in [1.807, 2.05) is 0 Å². The minimum absolute atomic E-state index is 0.0110. The van der Waals surface area contributed by atoms with Crippen LogP contribution in [0.15, 0.2) is 47.4 Å². The Hall–Kier alpha value is -3.53. The lowest BCUT2D eigenvalue weighted by atomic mass is 9.97. The van der Waals surface area contributed by atoms with E-state index in [1.54, 1.807) is 45.0 Å². The van der Waals surface area contributed by atoms with Gasteiger partial charge in [-0.2, -0.15) is 9.57 Å². The fourth-order valence-electron chi connectivity index (χ4n) is 6.16. The molecule has 43 heavy (non-hydrogen) atoms. The summed E-state index contributed by atoms with van der Waals surface area (Å²) in [6.07, 6.45) is 1.74. The third-order valence-corrected chi connectivity index (χ3v) is 10.1. The lowest BCUT2D eigenvalue weighted by Crippen LogP contribution is -2.55. The summed E-state index contributed by atoms with van der Waals surface area (Å²) in [4.78, 5) is 27.9. The number of rotatable bonds is 7. The van der Waals surface area contributed by atoms with Gasteiger partial charge in [0, 0.05) is 25.6 Å². The van der Waals surface area contributed by atoms with Gasteiger partial charge in [-0.15, -0.1) is 0 Å². The highest BCUT2D eigenvalue weighted by Gasteiger charge is 2.52. The maximum atomic E-state index is 15.2. The van der Waals surface area contributed by atoms with Crippen LogP contribution in [-0.2, 0) is 30.7 Å². The summed E-state index contributed by atoms with van der Waals surface area (Å²) >= 11 is 0. The summed E-state index contributed by atoms with van der Waals surface area (Å²) < 4.78 is 53.2. The van der Waals surface area contributed by atoms with Crippen molar-refractivity contribution in [1.29, 1.82) is 5.26 Å². The number of benzene rings is 2. The van der Waals surface area contributed by atoms with Gasteiger partial charge in [0.25, 0.3) is 0 Å². The highest BCUT2D eigenvalue weighted by Crippen LogP contribution is 2.43. The fourth-order valence-corrected chi connectivity index (χ4v) is 7.56. The van der Waals surface area contributed by atoms with Crippen LogP contribution in [0, 0.1) is 23.1 Å². The third kappa shape index (κ3) is 6.69. The molecule has 2 heterocycles. The van der Waals surface area contributed by atoms with Gasteiger partial charge >= 0.3 is 6.09 Å². The Bertz CT molecular complexity index is 1510. The molecule has 1 saturated carbocycles. The number of fused-ring (bicyclic) bond motifs is 2. The average molecular weight is 613 g/mol. The number of ether oxygens (including phenoxy) is 2. The molecule has 3 fully saturated rings. The quantitative estimate of drug-likeness (QED) is 0.503. The van der Waals surface area contributed by atoms with Crippen molar-refractivity contribution >= 4 is 22.0 Å². The summed E-state index contributed by atoms with van der Waals surface area (Å²) in [6, 6.07) is 11.1. The molecule has 5 rings (SSSR count). The van der Waals surface area contributed by atoms with E-state index in [9.17, 15) is 23.3 Å². The first-order valence-corrected chi connectivity index (χ1v) is 16.0. The largest absolute Gasteiger partial charge is 0.444 e. The van der Waals surface area contributed by atoms with E-state index in [0.717, 1.165) is 12.8 Å². The molecule has 4 atom stereocenters. The second kappa shape index (κ2) is 12.2. The minimum Gasteiger partial charge on any atom is -0.444 e. The zero-order valence-corrected chi connectivity index (χ0v) is 25.4. The van der Waals surface area contributed by atoms with Crippen LogP contribution in [0.25, 0.3) is 11.1 Å². The molecule has 0 aromatic heterocycles. The van der Waals surface area contributed by atoms with Crippen molar-refractivity contribution in [1.82, 2.24) is 14.5 Å². The number of sulfonamides is 1. The van der Waals surface area contributed by atoms with Gasteiger partial charge in [-0.25, -0.2) is 17.6 Å².